The lowest BCUT2D eigenvalue weighted by atomic mass is 10.0. The average molecular weight is 472 g/mol. The number of carbonyl (C=O) groups excluding carboxylic acids is 2. The number of rotatable bonds is 12. The summed E-state index contributed by atoms with van der Waals surface area (Å²) < 4.78 is 12.8. The number of ketones is 1. The van der Waals surface area contributed by atoms with E-state index in [1.807, 2.05) is 84.9 Å². The zero-order valence-electron chi connectivity index (χ0n) is 19.0. The fourth-order valence-electron chi connectivity index (χ4n) is 3.35. The lowest BCUT2D eigenvalue weighted by molar-refractivity contribution is -0.129. The molecular formula is C26H25N5O4. The number of para-hydroxylation sites is 1. The first-order valence-electron chi connectivity index (χ1n) is 11.1. The molecule has 0 saturated carbocycles. The number of carbonyl (C=O) groups is 2. The van der Waals surface area contributed by atoms with E-state index in [-0.39, 0.29) is 31.3 Å². The summed E-state index contributed by atoms with van der Waals surface area (Å²) in [6, 6.07) is 25.6. The Morgan fingerprint density at radius 2 is 1.54 bits per heavy atom. The molecule has 1 N–H and O–H groups in total. The molecule has 1 amide bonds. The minimum absolute atomic E-state index is 0.0459. The standard InChI is InChI=1S/C26H25N5O4/c32-25(15-20-11-13-23(14-12-20)35-22-9-5-2-6-10-22)24(18-34-17-21-7-3-1-4-8-21)28-26(33)16-31-19-27-29-30-31/h1-14,19,24H,15-18H2,(H,28,33)/t24-/m0/s1. The van der Waals surface area contributed by atoms with Gasteiger partial charge in [0.05, 0.1) is 13.2 Å². The Bertz CT molecular complexity index is 1200. The largest absolute Gasteiger partial charge is 0.457 e. The number of hydrogen-bond donors (Lipinski definition) is 1. The molecule has 4 aromatic rings. The predicted octanol–water partition coefficient (Wildman–Crippen LogP) is 2.98. The summed E-state index contributed by atoms with van der Waals surface area (Å²) in [7, 11) is 0. The van der Waals surface area contributed by atoms with Gasteiger partial charge in [-0.2, -0.15) is 0 Å². The minimum atomic E-state index is -0.817. The van der Waals surface area contributed by atoms with Crippen molar-refractivity contribution in [2.75, 3.05) is 6.61 Å². The van der Waals surface area contributed by atoms with Crippen LogP contribution in [0.4, 0.5) is 0 Å². The van der Waals surface area contributed by atoms with Gasteiger partial charge in [-0.1, -0.05) is 60.7 Å². The van der Waals surface area contributed by atoms with Gasteiger partial charge >= 0.3 is 0 Å². The topological polar surface area (TPSA) is 108 Å². The van der Waals surface area contributed by atoms with E-state index >= 15 is 0 Å². The van der Waals surface area contributed by atoms with Crippen LogP contribution >= 0.6 is 0 Å². The molecule has 0 spiro atoms. The van der Waals surface area contributed by atoms with Gasteiger partial charge in [-0.3, -0.25) is 9.59 Å². The number of Topliss-reactive ketones (excluding diaryl/α,β-unsaturated/α-hetero) is 1. The van der Waals surface area contributed by atoms with Crippen LogP contribution in [-0.2, 0) is 33.9 Å². The molecule has 4 rings (SSSR count). The summed E-state index contributed by atoms with van der Waals surface area (Å²) in [5.74, 6) is 0.854. The van der Waals surface area contributed by atoms with Crippen LogP contribution in [0, 0.1) is 0 Å². The first kappa shape index (κ1) is 23.8. The van der Waals surface area contributed by atoms with E-state index in [0.29, 0.717) is 12.4 Å². The third-order valence-corrected chi connectivity index (χ3v) is 5.10. The van der Waals surface area contributed by atoms with Crippen molar-refractivity contribution in [2.24, 2.45) is 0 Å². The van der Waals surface area contributed by atoms with Gasteiger partial charge in [0.15, 0.2) is 5.78 Å². The Hall–Kier alpha value is -4.37. The van der Waals surface area contributed by atoms with Gasteiger partial charge in [-0.25, -0.2) is 4.68 Å². The molecule has 0 aliphatic carbocycles. The van der Waals surface area contributed by atoms with E-state index in [0.717, 1.165) is 16.9 Å². The van der Waals surface area contributed by atoms with Crippen molar-refractivity contribution < 1.29 is 19.1 Å². The highest BCUT2D eigenvalue weighted by molar-refractivity contribution is 5.90. The molecule has 1 aromatic heterocycles. The van der Waals surface area contributed by atoms with Crippen LogP contribution < -0.4 is 10.1 Å². The van der Waals surface area contributed by atoms with Crippen LogP contribution in [0.3, 0.4) is 0 Å². The van der Waals surface area contributed by atoms with Crippen LogP contribution in [0.2, 0.25) is 0 Å². The molecule has 3 aromatic carbocycles. The highest BCUT2D eigenvalue weighted by atomic mass is 16.5. The molecule has 0 unspecified atom stereocenters. The minimum Gasteiger partial charge on any atom is -0.457 e. The number of hydrogen-bond acceptors (Lipinski definition) is 7. The third kappa shape index (κ3) is 7.58. The Morgan fingerprint density at radius 3 is 2.23 bits per heavy atom. The number of benzene rings is 3. The Balaban J connectivity index is 1.36. The normalized spacial score (nSPS) is 11.5. The van der Waals surface area contributed by atoms with E-state index in [9.17, 15) is 9.59 Å². The number of nitrogens with zero attached hydrogens (tertiary/aromatic N) is 4. The predicted molar refractivity (Wildman–Crippen MR) is 128 cm³/mol. The Labute approximate surface area is 202 Å². The molecule has 35 heavy (non-hydrogen) atoms. The second kappa shape index (κ2) is 12.2. The van der Waals surface area contributed by atoms with Gasteiger partial charge in [0.2, 0.25) is 5.91 Å². The molecular weight excluding hydrogens is 446 g/mol. The van der Waals surface area contributed by atoms with Crippen molar-refractivity contribution in [3.05, 3.63) is 102 Å². The lowest BCUT2D eigenvalue weighted by Gasteiger charge is -2.18. The smallest absolute Gasteiger partial charge is 0.242 e. The molecule has 0 radical (unpaired) electrons. The molecule has 0 aliphatic rings. The van der Waals surface area contributed by atoms with E-state index in [2.05, 4.69) is 20.8 Å². The monoisotopic (exact) mass is 471 g/mol. The fraction of sp³-hybridized carbons (Fsp3) is 0.192. The highest BCUT2D eigenvalue weighted by Crippen LogP contribution is 2.21. The first-order valence-corrected chi connectivity index (χ1v) is 11.1. The van der Waals surface area contributed by atoms with E-state index in [1.54, 1.807) is 0 Å². The van der Waals surface area contributed by atoms with Crippen molar-refractivity contribution in [1.82, 2.24) is 25.5 Å². The van der Waals surface area contributed by atoms with Crippen molar-refractivity contribution in [1.29, 1.82) is 0 Å². The SMILES string of the molecule is O=C(Cn1cnnn1)N[C@@H](COCc1ccccc1)C(=O)Cc1ccc(Oc2ccccc2)cc1. The molecule has 0 aliphatic heterocycles. The number of tetrazole rings is 1. The van der Waals surface area contributed by atoms with Crippen molar-refractivity contribution >= 4 is 11.7 Å². The van der Waals surface area contributed by atoms with Crippen LogP contribution in [0.1, 0.15) is 11.1 Å². The third-order valence-electron chi connectivity index (χ3n) is 5.10. The molecule has 9 heteroatoms. The molecule has 0 bridgehead atoms. The Morgan fingerprint density at radius 1 is 0.857 bits per heavy atom. The molecule has 1 heterocycles. The zero-order chi connectivity index (χ0) is 24.3. The summed E-state index contributed by atoms with van der Waals surface area (Å²) in [6.07, 6.45) is 1.47. The lowest BCUT2D eigenvalue weighted by Crippen LogP contribution is -2.46. The fourth-order valence-corrected chi connectivity index (χ4v) is 3.35. The van der Waals surface area contributed by atoms with Gasteiger partial charge in [-0.05, 0) is 45.8 Å². The van der Waals surface area contributed by atoms with Gasteiger partial charge in [0.25, 0.3) is 0 Å². The molecule has 178 valence electrons. The average Bonchev–Trinajstić information content (AvgIpc) is 3.39. The number of nitrogens with one attached hydrogen (secondary N) is 1. The zero-order valence-corrected chi connectivity index (χ0v) is 19.0. The van der Waals surface area contributed by atoms with E-state index < -0.39 is 6.04 Å². The molecule has 9 nitrogen and oxygen atoms in total. The van der Waals surface area contributed by atoms with E-state index in [4.69, 9.17) is 9.47 Å². The van der Waals surface area contributed by atoms with Crippen LogP contribution in [-0.4, -0.2) is 44.5 Å². The number of aromatic nitrogens is 4. The summed E-state index contributed by atoms with van der Waals surface area (Å²) in [4.78, 5) is 25.6. The number of amides is 1. The van der Waals surface area contributed by atoms with Gasteiger partial charge in [0, 0.05) is 6.42 Å². The molecule has 0 fully saturated rings. The van der Waals surface area contributed by atoms with Crippen molar-refractivity contribution in [2.45, 2.75) is 25.6 Å². The summed E-state index contributed by atoms with van der Waals surface area (Å²) >= 11 is 0. The maximum atomic E-state index is 13.1. The Kier molecular flexibility index (Phi) is 8.28. The first-order chi connectivity index (χ1) is 17.2. The molecule has 0 saturated heterocycles. The van der Waals surface area contributed by atoms with Crippen LogP contribution in [0.5, 0.6) is 11.5 Å². The van der Waals surface area contributed by atoms with E-state index in [1.165, 1.54) is 11.0 Å². The van der Waals surface area contributed by atoms with Crippen molar-refractivity contribution in [3.8, 4) is 11.5 Å². The summed E-state index contributed by atoms with van der Waals surface area (Å²) in [5, 5.41) is 13.5. The highest BCUT2D eigenvalue weighted by Gasteiger charge is 2.22. The second-order valence-corrected chi connectivity index (χ2v) is 7.83. The maximum absolute atomic E-state index is 13.1. The van der Waals surface area contributed by atoms with Crippen molar-refractivity contribution in [3.63, 3.8) is 0 Å². The maximum Gasteiger partial charge on any atom is 0.242 e. The van der Waals surface area contributed by atoms with Crippen LogP contribution in [0.25, 0.3) is 0 Å². The second-order valence-electron chi connectivity index (χ2n) is 7.83. The summed E-state index contributed by atoms with van der Waals surface area (Å²) in [5.41, 5.74) is 1.78. The number of ether oxygens (including phenoxy) is 2. The van der Waals surface area contributed by atoms with Gasteiger partial charge in [-0.15, -0.1) is 5.10 Å². The quantitative estimate of drug-likeness (QED) is 0.338. The summed E-state index contributed by atoms with van der Waals surface area (Å²) in [6.45, 7) is 0.282. The van der Waals surface area contributed by atoms with Gasteiger partial charge in [0.1, 0.15) is 30.4 Å². The molecule has 1 atom stereocenters. The van der Waals surface area contributed by atoms with Gasteiger partial charge < -0.3 is 14.8 Å². The van der Waals surface area contributed by atoms with Crippen LogP contribution in [0.15, 0.2) is 91.3 Å².